The molecule has 0 radical (unpaired) electrons. The van der Waals surface area contributed by atoms with Crippen LogP contribution in [0, 0.1) is 0 Å². The Morgan fingerprint density at radius 1 is 1.36 bits per heavy atom. The number of hydrogen-bond donors (Lipinski definition) is 1. The molecular formula is C8H8NO4S-. The number of benzene rings is 1. The monoisotopic (exact) mass is 214 g/mol. The molecular weight excluding hydrogens is 206 g/mol. The highest BCUT2D eigenvalue weighted by Crippen LogP contribution is 2.14. The number of hydrogen-bond acceptors (Lipinski definition) is 4. The lowest BCUT2D eigenvalue weighted by Crippen LogP contribution is -2.24. The molecule has 1 aromatic rings. The van der Waals surface area contributed by atoms with Crippen molar-refractivity contribution in [2.24, 2.45) is 0 Å². The summed E-state index contributed by atoms with van der Waals surface area (Å²) in [5.41, 5.74) is -0.173. The van der Waals surface area contributed by atoms with Crippen LogP contribution in [-0.4, -0.2) is 20.6 Å². The van der Waals surface area contributed by atoms with E-state index in [0.29, 0.717) is 0 Å². The minimum absolute atomic E-state index is 0.00926. The molecule has 6 heteroatoms. The fourth-order valence-electron chi connectivity index (χ4n) is 0.950. The van der Waals surface area contributed by atoms with E-state index in [1.165, 1.54) is 24.3 Å². The summed E-state index contributed by atoms with van der Waals surface area (Å²) in [4.78, 5) is 10.6. The third-order valence-corrected chi connectivity index (χ3v) is 2.03. The molecule has 1 N–H and O–H groups in total. The van der Waals surface area contributed by atoms with Gasteiger partial charge in [-0.1, -0.05) is 18.2 Å². The summed E-state index contributed by atoms with van der Waals surface area (Å²) < 4.78 is 23.8. The van der Waals surface area contributed by atoms with Gasteiger partial charge < -0.3 is 9.90 Å². The molecule has 0 heterocycles. The van der Waals surface area contributed by atoms with Crippen LogP contribution in [0.5, 0.6) is 0 Å². The molecule has 0 unspecified atom stereocenters. The van der Waals surface area contributed by atoms with Crippen LogP contribution in [0.3, 0.4) is 0 Å². The zero-order valence-electron chi connectivity index (χ0n) is 7.35. The Labute approximate surface area is 81.4 Å². The minimum atomic E-state index is -3.47. The average Bonchev–Trinajstić information content (AvgIpc) is 2.01. The fourth-order valence-corrected chi connectivity index (χ4v) is 1.53. The SMILES string of the molecule is CS(=O)(=O)Nc1ccccc1C(=O)[O-]. The molecule has 76 valence electrons. The summed E-state index contributed by atoms with van der Waals surface area (Å²) in [7, 11) is -3.47. The molecule has 14 heavy (non-hydrogen) atoms. The fraction of sp³-hybridized carbons (Fsp3) is 0.125. The highest BCUT2D eigenvalue weighted by Gasteiger charge is 2.06. The van der Waals surface area contributed by atoms with Gasteiger partial charge in [0.25, 0.3) is 0 Å². The van der Waals surface area contributed by atoms with Crippen LogP contribution in [0.15, 0.2) is 24.3 Å². The van der Waals surface area contributed by atoms with Gasteiger partial charge in [0.15, 0.2) is 0 Å². The first-order chi connectivity index (χ1) is 6.40. The molecule has 0 spiro atoms. The number of rotatable bonds is 3. The Balaban J connectivity index is 3.15. The smallest absolute Gasteiger partial charge is 0.229 e. The molecule has 0 atom stereocenters. The first-order valence-electron chi connectivity index (χ1n) is 3.68. The van der Waals surface area contributed by atoms with E-state index in [0.717, 1.165) is 6.26 Å². The van der Waals surface area contributed by atoms with Crippen molar-refractivity contribution in [2.75, 3.05) is 11.0 Å². The van der Waals surface area contributed by atoms with Crippen molar-refractivity contribution < 1.29 is 18.3 Å². The van der Waals surface area contributed by atoms with E-state index < -0.39 is 16.0 Å². The lowest BCUT2D eigenvalue weighted by molar-refractivity contribution is -0.254. The number of carbonyl (C=O) groups excluding carboxylic acids is 1. The van der Waals surface area contributed by atoms with Gasteiger partial charge in [-0.3, -0.25) is 4.72 Å². The molecule has 1 rings (SSSR count). The Bertz CT molecular complexity index is 452. The summed E-state index contributed by atoms with van der Waals surface area (Å²) in [6.45, 7) is 0. The van der Waals surface area contributed by atoms with Crippen LogP contribution in [0.2, 0.25) is 0 Å². The highest BCUT2D eigenvalue weighted by molar-refractivity contribution is 7.92. The Kier molecular flexibility index (Phi) is 2.76. The number of carbonyl (C=O) groups is 1. The highest BCUT2D eigenvalue weighted by atomic mass is 32.2. The van der Waals surface area contributed by atoms with Gasteiger partial charge in [-0.15, -0.1) is 0 Å². The lowest BCUT2D eigenvalue weighted by atomic mass is 10.2. The van der Waals surface area contributed by atoms with Gasteiger partial charge in [0, 0.05) is 5.56 Å². The third-order valence-electron chi connectivity index (χ3n) is 1.44. The molecule has 0 aliphatic rings. The van der Waals surface area contributed by atoms with Crippen molar-refractivity contribution in [1.82, 2.24) is 0 Å². The Morgan fingerprint density at radius 2 is 1.93 bits per heavy atom. The van der Waals surface area contributed by atoms with Crippen LogP contribution in [0.1, 0.15) is 10.4 Å². The van der Waals surface area contributed by atoms with Crippen LogP contribution in [0.25, 0.3) is 0 Å². The molecule has 0 saturated heterocycles. The maximum Gasteiger partial charge on any atom is 0.229 e. The Hall–Kier alpha value is -1.56. The summed E-state index contributed by atoms with van der Waals surface area (Å²) >= 11 is 0. The van der Waals surface area contributed by atoms with Gasteiger partial charge in [-0.05, 0) is 6.07 Å². The van der Waals surface area contributed by atoms with Gasteiger partial charge in [0.2, 0.25) is 10.0 Å². The van der Waals surface area contributed by atoms with Gasteiger partial charge in [-0.25, -0.2) is 8.42 Å². The normalized spacial score (nSPS) is 10.9. The molecule has 5 nitrogen and oxygen atoms in total. The van der Waals surface area contributed by atoms with Crippen LogP contribution < -0.4 is 9.83 Å². The molecule has 1 aromatic carbocycles. The second-order valence-electron chi connectivity index (χ2n) is 2.71. The molecule has 0 aromatic heterocycles. The summed E-state index contributed by atoms with van der Waals surface area (Å²) in [5.74, 6) is -1.42. The zero-order valence-corrected chi connectivity index (χ0v) is 8.17. The molecule has 0 aliphatic carbocycles. The van der Waals surface area contributed by atoms with Gasteiger partial charge in [0.05, 0.1) is 17.9 Å². The quantitative estimate of drug-likeness (QED) is 0.729. The van der Waals surface area contributed by atoms with Crippen LogP contribution >= 0.6 is 0 Å². The number of nitrogens with one attached hydrogen (secondary N) is 1. The summed E-state index contributed by atoms with van der Waals surface area (Å²) in [6.07, 6.45) is 0.944. The number of carboxylic acid groups (broad SMARTS) is 1. The predicted octanol–water partition coefficient (Wildman–Crippen LogP) is -0.578. The first kappa shape index (κ1) is 10.5. The number of sulfonamides is 1. The molecule has 0 amide bonds. The van der Waals surface area contributed by atoms with Gasteiger partial charge in [-0.2, -0.15) is 0 Å². The van der Waals surface area contributed by atoms with E-state index in [9.17, 15) is 18.3 Å². The zero-order chi connectivity index (χ0) is 10.8. The second-order valence-corrected chi connectivity index (χ2v) is 4.46. The van der Waals surface area contributed by atoms with Crippen molar-refractivity contribution in [3.05, 3.63) is 29.8 Å². The second kappa shape index (κ2) is 3.67. The number of para-hydroxylation sites is 1. The van der Waals surface area contributed by atoms with Crippen molar-refractivity contribution in [2.45, 2.75) is 0 Å². The van der Waals surface area contributed by atoms with Crippen LogP contribution in [0.4, 0.5) is 5.69 Å². The minimum Gasteiger partial charge on any atom is -0.545 e. The number of carboxylic acids is 1. The largest absolute Gasteiger partial charge is 0.545 e. The maximum absolute atomic E-state index is 10.9. The van der Waals surface area contributed by atoms with Crippen molar-refractivity contribution in [1.29, 1.82) is 0 Å². The molecule has 0 bridgehead atoms. The van der Waals surface area contributed by atoms with Crippen molar-refractivity contribution in [3.8, 4) is 0 Å². The number of anilines is 1. The first-order valence-corrected chi connectivity index (χ1v) is 5.57. The average molecular weight is 214 g/mol. The summed E-state index contributed by atoms with van der Waals surface area (Å²) in [5, 5.41) is 10.6. The molecule has 0 fully saturated rings. The number of aromatic carboxylic acids is 1. The third kappa shape index (κ3) is 2.74. The van der Waals surface area contributed by atoms with E-state index in [-0.39, 0.29) is 11.3 Å². The summed E-state index contributed by atoms with van der Waals surface area (Å²) in [6, 6.07) is 5.63. The van der Waals surface area contributed by atoms with Gasteiger partial charge >= 0.3 is 0 Å². The predicted molar refractivity (Wildman–Crippen MR) is 49.2 cm³/mol. The van der Waals surface area contributed by atoms with E-state index in [1.807, 2.05) is 0 Å². The lowest BCUT2D eigenvalue weighted by Gasteiger charge is -2.10. The maximum atomic E-state index is 10.9. The van der Waals surface area contributed by atoms with Gasteiger partial charge in [0.1, 0.15) is 0 Å². The van der Waals surface area contributed by atoms with E-state index in [1.54, 1.807) is 0 Å². The van der Waals surface area contributed by atoms with E-state index >= 15 is 0 Å². The standard InChI is InChI=1S/C8H9NO4S/c1-14(12,13)9-7-5-3-2-4-6(7)8(10)11/h2-5,9H,1H3,(H,10,11)/p-1. The molecule has 0 aliphatic heterocycles. The Morgan fingerprint density at radius 3 is 2.43 bits per heavy atom. The van der Waals surface area contributed by atoms with E-state index in [4.69, 9.17) is 0 Å². The van der Waals surface area contributed by atoms with Crippen LogP contribution in [-0.2, 0) is 10.0 Å². The van der Waals surface area contributed by atoms with Crippen molar-refractivity contribution >= 4 is 21.7 Å². The topological polar surface area (TPSA) is 86.3 Å². The molecule has 0 saturated carbocycles. The van der Waals surface area contributed by atoms with E-state index in [2.05, 4.69) is 4.72 Å². The van der Waals surface area contributed by atoms with Crippen molar-refractivity contribution in [3.63, 3.8) is 0 Å².